The number of nitrogens with one attached hydrogen (secondary N) is 1. The molecule has 0 atom stereocenters. The first-order valence-corrected chi connectivity index (χ1v) is 11.0. The molecule has 2 amide bonds. The van der Waals surface area contributed by atoms with Crippen molar-refractivity contribution in [3.05, 3.63) is 59.1 Å². The zero-order chi connectivity index (χ0) is 21.4. The van der Waals surface area contributed by atoms with Gasteiger partial charge in [0.25, 0.3) is 5.91 Å². The van der Waals surface area contributed by atoms with Gasteiger partial charge in [-0.2, -0.15) is 0 Å². The van der Waals surface area contributed by atoms with E-state index in [-0.39, 0.29) is 5.91 Å². The molecule has 31 heavy (non-hydrogen) atoms. The standard InChI is InChI=1S/C24H26N4O3/c25-23(29)18-11-20(27-19-4-2-1-3-17(18)19)15-7-5-14(6-8-15)13-26-24(30)21-12-22(31-28-21)16-9-10-16/h1-4,11-12,14-16H,5-10,13H2,(H2,25,29)(H,26,30). The summed E-state index contributed by atoms with van der Waals surface area (Å²) >= 11 is 0. The van der Waals surface area contributed by atoms with Gasteiger partial charge >= 0.3 is 0 Å². The van der Waals surface area contributed by atoms with E-state index in [2.05, 4.69) is 10.5 Å². The first-order valence-electron chi connectivity index (χ1n) is 11.0. The SMILES string of the molecule is NC(=O)c1cc(C2CCC(CNC(=O)c3cc(C4CC4)on3)CC2)nc2ccccc12. The summed E-state index contributed by atoms with van der Waals surface area (Å²) in [6.07, 6.45) is 6.17. The van der Waals surface area contributed by atoms with E-state index >= 15 is 0 Å². The van der Waals surface area contributed by atoms with Crippen molar-refractivity contribution in [1.29, 1.82) is 0 Å². The maximum absolute atomic E-state index is 12.4. The molecule has 0 unspecified atom stereocenters. The van der Waals surface area contributed by atoms with Gasteiger partial charge in [0, 0.05) is 35.5 Å². The summed E-state index contributed by atoms with van der Waals surface area (Å²) in [6.45, 7) is 0.634. The van der Waals surface area contributed by atoms with E-state index in [0.29, 0.717) is 35.6 Å². The largest absolute Gasteiger partial charge is 0.366 e. The first-order chi connectivity index (χ1) is 15.1. The van der Waals surface area contributed by atoms with Crippen molar-refractivity contribution in [2.75, 3.05) is 6.54 Å². The molecule has 3 N–H and O–H groups in total. The Morgan fingerprint density at radius 3 is 2.52 bits per heavy atom. The number of hydrogen-bond donors (Lipinski definition) is 2. The first kappa shape index (κ1) is 19.7. The van der Waals surface area contributed by atoms with E-state index in [9.17, 15) is 9.59 Å². The third-order valence-electron chi connectivity index (χ3n) is 6.56. The molecule has 1 aromatic carbocycles. The van der Waals surface area contributed by atoms with Crippen LogP contribution in [0.1, 0.15) is 82.7 Å². The zero-order valence-corrected chi connectivity index (χ0v) is 17.3. The van der Waals surface area contributed by atoms with E-state index in [1.165, 1.54) is 0 Å². The molecule has 3 aromatic rings. The second-order valence-corrected chi connectivity index (χ2v) is 8.79. The molecule has 2 heterocycles. The van der Waals surface area contributed by atoms with Crippen LogP contribution in [-0.2, 0) is 0 Å². The number of para-hydroxylation sites is 1. The molecular formula is C24H26N4O3. The molecule has 0 spiro atoms. The van der Waals surface area contributed by atoms with Crippen LogP contribution in [0.4, 0.5) is 0 Å². The monoisotopic (exact) mass is 418 g/mol. The molecule has 0 bridgehead atoms. The Hall–Kier alpha value is -3.22. The molecule has 2 aromatic heterocycles. The molecular weight excluding hydrogens is 392 g/mol. The number of pyridine rings is 1. The Balaban J connectivity index is 1.19. The van der Waals surface area contributed by atoms with Gasteiger partial charge in [-0.1, -0.05) is 23.4 Å². The Morgan fingerprint density at radius 1 is 1.03 bits per heavy atom. The van der Waals surface area contributed by atoms with Gasteiger partial charge in [0.15, 0.2) is 5.69 Å². The lowest BCUT2D eigenvalue weighted by Crippen LogP contribution is -2.31. The molecule has 7 heteroatoms. The Labute approximate surface area is 180 Å². The van der Waals surface area contributed by atoms with Crippen LogP contribution < -0.4 is 11.1 Å². The number of amides is 2. The lowest BCUT2D eigenvalue weighted by Gasteiger charge is -2.28. The number of benzene rings is 1. The zero-order valence-electron chi connectivity index (χ0n) is 17.3. The maximum atomic E-state index is 12.4. The van der Waals surface area contributed by atoms with Crippen molar-refractivity contribution < 1.29 is 14.1 Å². The number of rotatable bonds is 6. The summed E-state index contributed by atoms with van der Waals surface area (Å²) in [4.78, 5) is 29.1. The van der Waals surface area contributed by atoms with Gasteiger partial charge < -0.3 is 15.6 Å². The normalized spacial score (nSPS) is 21.2. The van der Waals surface area contributed by atoms with Gasteiger partial charge in [0.2, 0.25) is 5.91 Å². The van der Waals surface area contributed by atoms with Crippen molar-refractivity contribution in [1.82, 2.24) is 15.5 Å². The predicted molar refractivity (Wildman–Crippen MR) is 116 cm³/mol. The van der Waals surface area contributed by atoms with Crippen LogP contribution >= 0.6 is 0 Å². The summed E-state index contributed by atoms with van der Waals surface area (Å²) in [5, 5.41) is 7.71. The topological polar surface area (TPSA) is 111 Å². The van der Waals surface area contributed by atoms with Crippen LogP contribution in [0, 0.1) is 5.92 Å². The molecule has 0 aliphatic heterocycles. The van der Waals surface area contributed by atoms with Gasteiger partial charge in [-0.25, -0.2) is 0 Å². The van der Waals surface area contributed by atoms with Gasteiger partial charge in [-0.05, 0) is 56.6 Å². The smallest absolute Gasteiger partial charge is 0.273 e. The van der Waals surface area contributed by atoms with E-state index in [1.54, 1.807) is 6.07 Å². The number of fused-ring (bicyclic) bond motifs is 1. The number of nitrogens with zero attached hydrogens (tertiary/aromatic N) is 2. The summed E-state index contributed by atoms with van der Waals surface area (Å²) in [5.74, 6) is 1.40. The van der Waals surface area contributed by atoms with Gasteiger partial charge in [0.05, 0.1) is 11.1 Å². The van der Waals surface area contributed by atoms with Crippen LogP contribution in [0.15, 0.2) is 40.9 Å². The molecule has 7 nitrogen and oxygen atoms in total. The van der Waals surface area contributed by atoms with E-state index < -0.39 is 5.91 Å². The van der Waals surface area contributed by atoms with Gasteiger partial charge in [-0.15, -0.1) is 0 Å². The molecule has 160 valence electrons. The van der Waals surface area contributed by atoms with Crippen molar-refractivity contribution >= 4 is 22.7 Å². The highest BCUT2D eigenvalue weighted by Gasteiger charge is 2.29. The van der Waals surface area contributed by atoms with Crippen molar-refractivity contribution in [2.45, 2.75) is 50.4 Å². The fourth-order valence-corrected chi connectivity index (χ4v) is 4.56. The summed E-state index contributed by atoms with van der Waals surface area (Å²) in [5.41, 5.74) is 8.27. The number of hydrogen-bond acceptors (Lipinski definition) is 5. The average Bonchev–Trinajstić information content (AvgIpc) is 3.53. The highest BCUT2D eigenvalue weighted by atomic mass is 16.5. The van der Waals surface area contributed by atoms with Crippen LogP contribution in [0.25, 0.3) is 10.9 Å². The highest BCUT2D eigenvalue weighted by molar-refractivity contribution is 6.05. The fraction of sp³-hybridized carbons (Fsp3) is 0.417. The second-order valence-electron chi connectivity index (χ2n) is 8.79. The minimum absolute atomic E-state index is 0.167. The quantitative estimate of drug-likeness (QED) is 0.631. The molecule has 2 aliphatic rings. The van der Waals surface area contributed by atoms with Crippen molar-refractivity contribution in [3.63, 3.8) is 0 Å². The van der Waals surface area contributed by atoms with Crippen LogP contribution in [0.3, 0.4) is 0 Å². The Morgan fingerprint density at radius 2 is 1.77 bits per heavy atom. The van der Waals surface area contributed by atoms with Crippen LogP contribution in [0.2, 0.25) is 0 Å². The molecule has 2 aliphatic carbocycles. The Bertz CT molecular complexity index is 1130. The number of primary amides is 1. The summed E-state index contributed by atoms with van der Waals surface area (Å²) in [6, 6.07) is 11.2. The molecule has 0 saturated heterocycles. The third kappa shape index (κ3) is 4.17. The van der Waals surface area contributed by atoms with E-state index in [4.69, 9.17) is 15.2 Å². The van der Waals surface area contributed by atoms with Crippen LogP contribution in [0.5, 0.6) is 0 Å². The Kier molecular flexibility index (Phi) is 5.18. The lowest BCUT2D eigenvalue weighted by atomic mass is 9.80. The minimum atomic E-state index is -0.422. The lowest BCUT2D eigenvalue weighted by molar-refractivity contribution is 0.0933. The van der Waals surface area contributed by atoms with Crippen LogP contribution in [-0.4, -0.2) is 28.5 Å². The summed E-state index contributed by atoms with van der Waals surface area (Å²) in [7, 11) is 0. The van der Waals surface area contributed by atoms with Gasteiger partial charge in [0.1, 0.15) is 5.76 Å². The number of carbonyl (C=O) groups excluding carboxylic acids is 2. The fourth-order valence-electron chi connectivity index (χ4n) is 4.56. The van der Waals surface area contributed by atoms with Crippen molar-refractivity contribution in [3.8, 4) is 0 Å². The molecule has 2 fully saturated rings. The average molecular weight is 418 g/mol. The molecule has 2 saturated carbocycles. The highest BCUT2D eigenvalue weighted by Crippen LogP contribution is 2.40. The predicted octanol–water partition coefficient (Wildman–Crippen LogP) is 3.90. The second kappa shape index (κ2) is 8.13. The number of carbonyl (C=O) groups is 2. The summed E-state index contributed by atoms with van der Waals surface area (Å²) < 4.78 is 5.27. The number of nitrogens with two attached hydrogens (primary N) is 1. The van der Waals surface area contributed by atoms with E-state index in [0.717, 1.165) is 60.9 Å². The van der Waals surface area contributed by atoms with Crippen molar-refractivity contribution in [2.24, 2.45) is 11.7 Å². The maximum Gasteiger partial charge on any atom is 0.273 e. The van der Waals surface area contributed by atoms with Gasteiger partial charge in [-0.3, -0.25) is 14.6 Å². The minimum Gasteiger partial charge on any atom is -0.366 e. The molecule has 0 radical (unpaired) electrons. The number of aromatic nitrogens is 2. The third-order valence-corrected chi connectivity index (χ3v) is 6.56. The molecule has 5 rings (SSSR count). The van der Waals surface area contributed by atoms with E-state index in [1.807, 2.05) is 30.3 Å².